The molecular formula is C19H16N4O5S. The summed E-state index contributed by atoms with van der Waals surface area (Å²) in [4.78, 5) is 41.1. The summed E-state index contributed by atoms with van der Waals surface area (Å²) >= 11 is 1.57. The average Bonchev–Trinajstić information content (AvgIpc) is 3.24. The van der Waals surface area contributed by atoms with Crippen LogP contribution in [-0.4, -0.2) is 33.4 Å². The van der Waals surface area contributed by atoms with E-state index in [-0.39, 0.29) is 30.2 Å². The van der Waals surface area contributed by atoms with Crippen LogP contribution in [0.2, 0.25) is 0 Å². The topological polar surface area (TPSA) is 126 Å². The molecule has 1 unspecified atom stereocenters. The smallest absolute Gasteiger partial charge is 0.273 e. The molecular weight excluding hydrogens is 396 g/mol. The quantitative estimate of drug-likeness (QED) is 0.385. The number of hydrogen-bond donors (Lipinski definition) is 2. The summed E-state index contributed by atoms with van der Waals surface area (Å²) in [5, 5.41) is 24.1. The van der Waals surface area contributed by atoms with Crippen LogP contribution >= 0.6 is 11.3 Å². The molecule has 10 heteroatoms. The van der Waals surface area contributed by atoms with Gasteiger partial charge in [-0.05, 0) is 31.2 Å². The van der Waals surface area contributed by atoms with Crippen LogP contribution in [-0.2, 0) is 9.59 Å². The van der Waals surface area contributed by atoms with Crippen molar-refractivity contribution in [2.24, 2.45) is 5.92 Å². The molecule has 2 aromatic carbocycles. The summed E-state index contributed by atoms with van der Waals surface area (Å²) in [6.45, 7) is 2.12. The number of benzene rings is 2. The number of phenols is 1. The molecule has 1 aliphatic heterocycles. The fourth-order valence-electron chi connectivity index (χ4n) is 3.31. The van der Waals surface area contributed by atoms with Crippen LogP contribution in [0.3, 0.4) is 0 Å². The molecule has 1 atom stereocenters. The summed E-state index contributed by atoms with van der Waals surface area (Å²) in [6, 6.07) is 8.99. The SMILES string of the molecule is Cc1nc2cc(N3CC(C(=O)Nc4ccc([N+](=O)[O-])cc4O)CC3=O)ccc2s1. The molecule has 9 nitrogen and oxygen atoms in total. The highest BCUT2D eigenvalue weighted by Crippen LogP contribution is 2.32. The number of anilines is 2. The van der Waals surface area contributed by atoms with Gasteiger partial charge in [-0.15, -0.1) is 11.3 Å². The first-order valence-corrected chi connectivity index (χ1v) is 9.59. The zero-order valence-corrected chi connectivity index (χ0v) is 16.1. The molecule has 148 valence electrons. The second kappa shape index (κ2) is 7.13. The van der Waals surface area contributed by atoms with Gasteiger partial charge in [-0.3, -0.25) is 19.7 Å². The largest absolute Gasteiger partial charge is 0.506 e. The maximum Gasteiger partial charge on any atom is 0.273 e. The number of hydrogen-bond acceptors (Lipinski definition) is 7. The van der Waals surface area contributed by atoms with Gasteiger partial charge < -0.3 is 15.3 Å². The van der Waals surface area contributed by atoms with Crippen LogP contribution in [0.1, 0.15) is 11.4 Å². The molecule has 0 bridgehead atoms. The zero-order chi connectivity index (χ0) is 20.7. The van der Waals surface area contributed by atoms with Crippen molar-refractivity contribution in [2.45, 2.75) is 13.3 Å². The number of aromatic hydroxyl groups is 1. The van der Waals surface area contributed by atoms with Crippen molar-refractivity contribution in [2.75, 3.05) is 16.8 Å². The standard InChI is InChI=1S/C19H16N4O5S/c1-10-20-15-7-12(3-5-17(15)29-10)22-9-11(6-18(22)25)19(26)21-14-4-2-13(23(27)28)8-16(14)24/h2-5,7-8,11,24H,6,9H2,1H3,(H,21,26). The molecule has 4 rings (SSSR count). The number of amides is 2. The number of nitro groups is 1. The number of thiazole rings is 1. The number of carbonyl (C=O) groups excluding carboxylic acids is 2. The third kappa shape index (κ3) is 3.61. The Kier molecular flexibility index (Phi) is 4.63. The Morgan fingerprint density at radius 2 is 2.14 bits per heavy atom. The Balaban J connectivity index is 1.49. The molecule has 0 radical (unpaired) electrons. The van der Waals surface area contributed by atoms with Gasteiger partial charge >= 0.3 is 0 Å². The third-order valence-electron chi connectivity index (χ3n) is 4.74. The van der Waals surface area contributed by atoms with E-state index < -0.39 is 22.5 Å². The number of aromatic nitrogens is 1. The van der Waals surface area contributed by atoms with E-state index in [1.165, 1.54) is 12.1 Å². The minimum Gasteiger partial charge on any atom is -0.506 e. The van der Waals surface area contributed by atoms with Crippen molar-refractivity contribution >= 4 is 50.4 Å². The van der Waals surface area contributed by atoms with Gasteiger partial charge in [0.25, 0.3) is 5.69 Å². The number of phenolic OH excluding ortho intramolecular Hbond substituents is 1. The van der Waals surface area contributed by atoms with Gasteiger partial charge in [-0.25, -0.2) is 4.98 Å². The maximum absolute atomic E-state index is 12.6. The summed E-state index contributed by atoms with van der Waals surface area (Å²) in [5.41, 5.74) is 1.27. The van der Waals surface area contributed by atoms with E-state index in [4.69, 9.17) is 0 Å². The first kappa shape index (κ1) is 18.8. The minimum absolute atomic E-state index is 0.0354. The van der Waals surface area contributed by atoms with Gasteiger partial charge in [0.1, 0.15) is 5.75 Å². The number of aryl methyl sites for hydroxylation is 1. The second-order valence-electron chi connectivity index (χ2n) is 6.74. The maximum atomic E-state index is 12.6. The molecule has 29 heavy (non-hydrogen) atoms. The Morgan fingerprint density at radius 1 is 1.34 bits per heavy atom. The van der Waals surface area contributed by atoms with E-state index in [1.54, 1.807) is 16.2 Å². The van der Waals surface area contributed by atoms with Gasteiger partial charge in [0.15, 0.2) is 0 Å². The number of nitro benzene ring substituents is 1. The molecule has 1 saturated heterocycles. The predicted molar refractivity (Wildman–Crippen MR) is 108 cm³/mol. The van der Waals surface area contributed by atoms with E-state index >= 15 is 0 Å². The summed E-state index contributed by atoms with van der Waals surface area (Å²) in [6.07, 6.45) is 0.0354. The van der Waals surface area contributed by atoms with Crippen LogP contribution in [0.4, 0.5) is 17.1 Å². The molecule has 0 spiro atoms. The average molecular weight is 412 g/mol. The van der Waals surface area contributed by atoms with Crippen LogP contribution in [0.25, 0.3) is 10.2 Å². The Morgan fingerprint density at radius 3 is 2.86 bits per heavy atom. The monoisotopic (exact) mass is 412 g/mol. The number of fused-ring (bicyclic) bond motifs is 1. The van der Waals surface area contributed by atoms with Crippen molar-refractivity contribution < 1.29 is 19.6 Å². The van der Waals surface area contributed by atoms with Crippen molar-refractivity contribution in [1.29, 1.82) is 0 Å². The summed E-state index contributed by atoms with van der Waals surface area (Å²) in [7, 11) is 0. The molecule has 2 N–H and O–H groups in total. The lowest BCUT2D eigenvalue weighted by molar-refractivity contribution is -0.384. The molecule has 1 fully saturated rings. The molecule has 2 heterocycles. The molecule has 0 saturated carbocycles. The molecule has 2 amide bonds. The first-order valence-electron chi connectivity index (χ1n) is 8.77. The number of carbonyl (C=O) groups is 2. The highest BCUT2D eigenvalue weighted by molar-refractivity contribution is 7.18. The highest BCUT2D eigenvalue weighted by atomic mass is 32.1. The van der Waals surface area contributed by atoms with E-state index in [0.29, 0.717) is 5.69 Å². The normalized spacial score (nSPS) is 16.4. The van der Waals surface area contributed by atoms with Crippen LogP contribution in [0.15, 0.2) is 36.4 Å². The lowest BCUT2D eigenvalue weighted by Gasteiger charge is -2.17. The Hall–Kier alpha value is -3.53. The highest BCUT2D eigenvalue weighted by Gasteiger charge is 2.35. The van der Waals surface area contributed by atoms with E-state index in [0.717, 1.165) is 21.3 Å². The van der Waals surface area contributed by atoms with Gasteiger partial charge in [-0.2, -0.15) is 0 Å². The van der Waals surface area contributed by atoms with Gasteiger partial charge in [-0.1, -0.05) is 0 Å². The van der Waals surface area contributed by atoms with Crippen molar-refractivity contribution in [3.63, 3.8) is 0 Å². The van der Waals surface area contributed by atoms with E-state index in [1.807, 2.05) is 25.1 Å². The Labute approximate surface area is 168 Å². The van der Waals surface area contributed by atoms with E-state index in [2.05, 4.69) is 10.3 Å². The number of non-ortho nitro benzene ring substituents is 1. The fourth-order valence-corrected chi connectivity index (χ4v) is 4.11. The van der Waals surface area contributed by atoms with Crippen LogP contribution in [0.5, 0.6) is 5.75 Å². The molecule has 1 aliphatic rings. The van der Waals surface area contributed by atoms with Crippen molar-refractivity contribution in [1.82, 2.24) is 4.98 Å². The van der Waals surface area contributed by atoms with Gasteiger partial charge in [0.2, 0.25) is 11.8 Å². The predicted octanol–water partition coefficient (Wildman–Crippen LogP) is 3.21. The van der Waals surface area contributed by atoms with Crippen molar-refractivity contribution in [3.8, 4) is 5.75 Å². The fraction of sp³-hybridized carbons (Fsp3) is 0.211. The lowest BCUT2D eigenvalue weighted by atomic mass is 10.1. The summed E-state index contributed by atoms with van der Waals surface area (Å²) < 4.78 is 1.03. The van der Waals surface area contributed by atoms with Crippen molar-refractivity contribution in [3.05, 3.63) is 51.5 Å². The zero-order valence-electron chi connectivity index (χ0n) is 15.3. The second-order valence-corrected chi connectivity index (χ2v) is 7.97. The minimum atomic E-state index is -0.639. The van der Waals surface area contributed by atoms with E-state index in [9.17, 15) is 24.8 Å². The number of nitrogens with one attached hydrogen (secondary N) is 1. The number of rotatable bonds is 4. The first-order chi connectivity index (χ1) is 13.8. The molecule has 0 aliphatic carbocycles. The lowest BCUT2D eigenvalue weighted by Crippen LogP contribution is -2.28. The van der Waals surface area contributed by atoms with Gasteiger partial charge in [0, 0.05) is 24.7 Å². The Bertz CT molecular complexity index is 1160. The summed E-state index contributed by atoms with van der Waals surface area (Å²) in [5.74, 6) is -1.62. The molecule has 1 aromatic heterocycles. The van der Waals surface area contributed by atoms with Crippen LogP contribution < -0.4 is 10.2 Å². The van der Waals surface area contributed by atoms with Crippen LogP contribution in [0, 0.1) is 23.0 Å². The number of nitrogens with zero attached hydrogens (tertiary/aromatic N) is 3. The van der Waals surface area contributed by atoms with Gasteiger partial charge in [0.05, 0.1) is 37.8 Å². The molecule has 3 aromatic rings. The third-order valence-corrected chi connectivity index (χ3v) is 5.69.